The minimum absolute atomic E-state index is 0.418. The Kier molecular flexibility index (Phi) is 6.06. The summed E-state index contributed by atoms with van der Waals surface area (Å²) in [6, 6.07) is 0. The van der Waals surface area contributed by atoms with Gasteiger partial charge in [0.25, 0.3) is 0 Å². The molecule has 0 aromatic heterocycles. The summed E-state index contributed by atoms with van der Waals surface area (Å²) in [6.45, 7) is 7.02. The minimum atomic E-state index is 0.418. The lowest BCUT2D eigenvalue weighted by molar-refractivity contribution is 0.270. The van der Waals surface area contributed by atoms with Gasteiger partial charge in [-0.2, -0.15) is 0 Å². The van der Waals surface area contributed by atoms with Gasteiger partial charge in [-0.3, -0.25) is 0 Å². The Morgan fingerprint density at radius 1 is 1.40 bits per heavy atom. The highest BCUT2D eigenvalue weighted by atomic mass is 16.5. The van der Waals surface area contributed by atoms with Gasteiger partial charge in [-0.1, -0.05) is 33.1 Å². The molecule has 0 aliphatic carbocycles. The lowest BCUT2D eigenvalue weighted by Gasteiger charge is -1.93. The SMILES string of the molecule is CCCCOC#CC(C)C. The van der Waals surface area contributed by atoms with E-state index in [0.717, 1.165) is 13.0 Å². The lowest BCUT2D eigenvalue weighted by Crippen LogP contribution is -1.87. The Bertz CT molecular complexity index is 116. The van der Waals surface area contributed by atoms with E-state index < -0.39 is 0 Å². The van der Waals surface area contributed by atoms with Crippen LogP contribution in [-0.2, 0) is 4.74 Å². The highest BCUT2D eigenvalue weighted by Crippen LogP contribution is 1.88. The summed E-state index contributed by atoms with van der Waals surface area (Å²) >= 11 is 0. The molecule has 10 heavy (non-hydrogen) atoms. The van der Waals surface area contributed by atoms with Gasteiger partial charge in [-0.05, 0) is 6.42 Å². The van der Waals surface area contributed by atoms with Gasteiger partial charge in [-0.15, -0.1) is 0 Å². The molecule has 0 aromatic rings. The maximum absolute atomic E-state index is 5.02. The average Bonchev–Trinajstić information content (AvgIpc) is 1.87. The molecule has 0 heterocycles. The van der Waals surface area contributed by atoms with Crippen molar-refractivity contribution in [2.24, 2.45) is 5.92 Å². The maximum atomic E-state index is 5.02. The molecule has 0 N–H and O–H groups in total. The molecular formula is C9H16O. The lowest BCUT2D eigenvalue weighted by atomic mass is 10.2. The third-order valence-electron chi connectivity index (χ3n) is 1.02. The molecule has 1 nitrogen and oxygen atoms in total. The molecule has 0 fully saturated rings. The van der Waals surface area contributed by atoms with Gasteiger partial charge in [0.05, 0.1) is 0 Å². The second-order valence-electron chi connectivity index (χ2n) is 2.60. The number of rotatable bonds is 3. The Hall–Kier alpha value is -0.640. The molecule has 0 rings (SSSR count). The smallest absolute Gasteiger partial charge is 0.110 e. The van der Waals surface area contributed by atoms with Crippen molar-refractivity contribution >= 4 is 0 Å². The van der Waals surface area contributed by atoms with Crippen molar-refractivity contribution in [3.8, 4) is 12.0 Å². The summed E-state index contributed by atoms with van der Waals surface area (Å²) in [7, 11) is 0. The molecule has 0 aromatic carbocycles. The van der Waals surface area contributed by atoms with E-state index in [-0.39, 0.29) is 0 Å². The van der Waals surface area contributed by atoms with Crippen molar-refractivity contribution in [2.75, 3.05) is 6.61 Å². The Morgan fingerprint density at radius 3 is 2.60 bits per heavy atom. The van der Waals surface area contributed by atoms with Crippen LogP contribution in [0.15, 0.2) is 0 Å². The van der Waals surface area contributed by atoms with Crippen LogP contribution in [0.1, 0.15) is 33.6 Å². The first-order chi connectivity index (χ1) is 4.77. The first-order valence-electron chi connectivity index (χ1n) is 3.89. The van der Waals surface area contributed by atoms with E-state index in [4.69, 9.17) is 4.74 Å². The molecule has 0 saturated heterocycles. The van der Waals surface area contributed by atoms with Crippen LogP contribution in [0.5, 0.6) is 0 Å². The van der Waals surface area contributed by atoms with Gasteiger partial charge in [0, 0.05) is 5.92 Å². The van der Waals surface area contributed by atoms with Crippen molar-refractivity contribution in [1.82, 2.24) is 0 Å². The fourth-order valence-corrected chi connectivity index (χ4v) is 0.427. The summed E-state index contributed by atoms with van der Waals surface area (Å²) in [5.74, 6) is 3.35. The number of ether oxygens (including phenoxy) is 1. The highest BCUT2D eigenvalue weighted by Gasteiger charge is 1.82. The molecule has 0 radical (unpaired) electrons. The molecule has 0 spiro atoms. The molecule has 0 saturated carbocycles. The van der Waals surface area contributed by atoms with E-state index in [2.05, 4.69) is 32.8 Å². The van der Waals surface area contributed by atoms with Crippen LogP contribution in [0.3, 0.4) is 0 Å². The van der Waals surface area contributed by atoms with Crippen molar-refractivity contribution in [1.29, 1.82) is 0 Å². The van der Waals surface area contributed by atoms with Gasteiger partial charge in [0.15, 0.2) is 0 Å². The molecule has 0 aliphatic heterocycles. The highest BCUT2D eigenvalue weighted by molar-refractivity contribution is 4.94. The third-order valence-corrected chi connectivity index (χ3v) is 1.02. The standard InChI is InChI=1S/C9H16O/c1-4-5-7-10-8-6-9(2)3/h9H,4-5,7H2,1-3H3. The zero-order chi connectivity index (χ0) is 7.82. The van der Waals surface area contributed by atoms with Crippen LogP contribution in [0, 0.1) is 17.9 Å². The molecular weight excluding hydrogens is 124 g/mol. The fourth-order valence-electron chi connectivity index (χ4n) is 0.427. The molecule has 1 heteroatoms. The van der Waals surface area contributed by atoms with Crippen LogP contribution in [-0.4, -0.2) is 6.61 Å². The average molecular weight is 140 g/mol. The molecule has 0 unspecified atom stereocenters. The van der Waals surface area contributed by atoms with E-state index in [1.807, 2.05) is 0 Å². The first-order valence-corrected chi connectivity index (χ1v) is 3.89. The van der Waals surface area contributed by atoms with Gasteiger partial charge < -0.3 is 4.74 Å². The van der Waals surface area contributed by atoms with Gasteiger partial charge in [0.2, 0.25) is 0 Å². The van der Waals surface area contributed by atoms with Crippen LogP contribution >= 0.6 is 0 Å². The Labute approximate surface area is 63.8 Å². The largest absolute Gasteiger partial charge is 0.447 e. The first kappa shape index (κ1) is 9.36. The molecule has 0 bridgehead atoms. The number of unbranched alkanes of at least 4 members (excludes halogenated alkanes) is 1. The van der Waals surface area contributed by atoms with E-state index in [1.165, 1.54) is 6.42 Å². The normalized spacial score (nSPS) is 8.80. The summed E-state index contributed by atoms with van der Waals surface area (Å²) < 4.78 is 5.02. The number of hydrogen-bond acceptors (Lipinski definition) is 1. The Balaban J connectivity index is 3.12. The minimum Gasteiger partial charge on any atom is -0.447 e. The third kappa shape index (κ3) is 7.36. The molecule has 0 atom stereocenters. The topological polar surface area (TPSA) is 9.23 Å². The van der Waals surface area contributed by atoms with Crippen molar-refractivity contribution in [3.63, 3.8) is 0 Å². The summed E-state index contributed by atoms with van der Waals surface area (Å²) in [5, 5.41) is 0. The zero-order valence-electron chi connectivity index (χ0n) is 7.11. The molecule has 0 amide bonds. The van der Waals surface area contributed by atoms with Gasteiger partial charge >= 0.3 is 0 Å². The monoisotopic (exact) mass is 140 g/mol. The van der Waals surface area contributed by atoms with E-state index in [1.54, 1.807) is 0 Å². The van der Waals surface area contributed by atoms with E-state index in [0.29, 0.717) is 5.92 Å². The second-order valence-corrected chi connectivity index (χ2v) is 2.60. The van der Waals surface area contributed by atoms with Crippen molar-refractivity contribution < 1.29 is 4.74 Å². The molecule has 0 aliphatic rings. The molecule has 58 valence electrons. The number of hydrogen-bond donors (Lipinski definition) is 0. The summed E-state index contributed by atoms with van der Waals surface area (Å²) in [4.78, 5) is 0. The predicted octanol–water partition coefficient (Wildman–Crippen LogP) is 2.42. The van der Waals surface area contributed by atoms with Crippen molar-refractivity contribution in [2.45, 2.75) is 33.6 Å². The fraction of sp³-hybridized carbons (Fsp3) is 0.778. The van der Waals surface area contributed by atoms with Crippen LogP contribution in [0.4, 0.5) is 0 Å². The van der Waals surface area contributed by atoms with Crippen molar-refractivity contribution in [3.05, 3.63) is 0 Å². The van der Waals surface area contributed by atoms with Gasteiger partial charge in [-0.25, -0.2) is 0 Å². The zero-order valence-corrected chi connectivity index (χ0v) is 7.11. The summed E-state index contributed by atoms with van der Waals surface area (Å²) in [6.07, 6.45) is 4.94. The van der Waals surface area contributed by atoms with E-state index in [9.17, 15) is 0 Å². The van der Waals surface area contributed by atoms with Crippen LogP contribution in [0.2, 0.25) is 0 Å². The Morgan fingerprint density at radius 2 is 2.10 bits per heavy atom. The van der Waals surface area contributed by atoms with E-state index >= 15 is 0 Å². The quantitative estimate of drug-likeness (QED) is 0.432. The van der Waals surface area contributed by atoms with Crippen LogP contribution in [0.25, 0.3) is 0 Å². The second kappa shape index (κ2) is 6.48. The van der Waals surface area contributed by atoms with Crippen LogP contribution < -0.4 is 0 Å². The van der Waals surface area contributed by atoms with Gasteiger partial charge in [0.1, 0.15) is 12.7 Å². The predicted molar refractivity (Wildman–Crippen MR) is 43.5 cm³/mol. The summed E-state index contributed by atoms with van der Waals surface area (Å²) in [5.41, 5.74) is 0. The maximum Gasteiger partial charge on any atom is 0.110 e.